The zero-order valence-corrected chi connectivity index (χ0v) is 13.7. The Labute approximate surface area is 133 Å². The smallest absolute Gasteiger partial charge is 0.227 e. The van der Waals surface area contributed by atoms with Gasteiger partial charge >= 0.3 is 0 Å². The summed E-state index contributed by atoms with van der Waals surface area (Å²) >= 11 is 3.40. The third-order valence-electron chi connectivity index (χ3n) is 2.94. The minimum Gasteiger partial charge on any atom is -0.493 e. The van der Waals surface area contributed by atoms with Gasteiger partial charge in [-0.3, -0.25) is 4.79 Å². The second-order valence-electron chi connectivity index (χ2n) is 4.95. The number of ether oxygens (including phenoxy) is 1. The summed E-state index contributed by atoms with van der Waals surface area (Å²) in [6.45, 7) is 4.41. The number of carbonyl (C=O) groups is 1. The molecule has 0 aliphatic rings. The van der Waals surface area contributed by atoms with E-state index in [4.69, 9.17) is 4.74 Å². The molecule has 0 aliphatic carbocycles. The first-order chi connectivity index (χ1) is 10.0. The van der Waals surface area contributed by atoms with Crippen molar-refractivity contribution in [3.63, 3.8) is 0 Å². The van der Waals surface area contributed by atoms with Crippen LogP contribution in [0.4, 0.5) is 5.69 Å². The Bertz CT molecular complexity index is 620. The molecule has 0 radical (unpaired) electrons. The van der Waals surface area contributed by atoms with Crippen molar-refractivity contribution >= 4 is 27.5 Å². The van der Waals surface area contributed by atoms with E-state index >= 15 is 0 Å². The Balaban J connectivity index is 1.83. The highest BCUT2D eigenvalue weighted by Crippen LogP contribution is 2.21. The SMILES string of the molecule is Cc1cc(C)cc(OCCC(=O)Nc2ccccc2Br)c1. The minimum absolute atomic E-state index is 0.0636. The number of rotatable bonds is 5. The van der Waals surface area contributed by atoms with Gasteiger partial charge in [0.1, 0.15) is 5.75 Å². The third-order valence-corrected chi connectivity index (χ3v) is 3.63. The van der Waals surface area contributed by atoms with Gasteiger partial charge in [-0.1, -0.05) is 18.2 Å². The zero-order chi connectivity index (χ0) is 15.2. The van der Waals surface area contributed by atoms with Gasteiger partial charge < -0.3 is 10.1 Å². The van der Waals surface area contributed by atoms with Gasteiger partial charge in [0.2, 0.25) is 5.91 Å². The van der Waals surface area contributed by atoms with E-state index in [0.29, 0.717) is 13.0 Å². The van der Waals surface area contributed by atoms with Crippen LogP contribution in [-0.2, 0) is 4.79 Å². The Hall–Kier alpha value is -1.81. The second-order valence-corrected chi connectivity index (χ2v) is 5.80. The lowest BCUT2D eigenvalue weighted by atomic mass is 10.1. The molecule has 0 saturated carbocycles. The van der Waals surface area contributed by atoms with E-state index in [9.17, 15) is 4.79 Å². The lowest BCUT2D eigenvalue weighted by Crippen LogP contribution is -2.15. The van der Waals surface area contributed by atoms with Crippen molar-refractivity contribution in [3.8, 4) is 5.75 Å². The van der Waals surface area contributed by atoms with Gasteiger partial charge in [-0.15, -0.1) is 0 Å². The van der Waals surface area contributed by atoms with Gasteiger partial charge in [-0.2, -0.15) is 0 Å². The van der Waals surface area contributed by atoms with Crippen molar-refractivity contribution in [3.05, 3.63) is 58.1 Å². The van der Waals surface area contributed by atoms with Crippen LogP contribution in [0.25, 0.3) is 0 Å². The number of aryl methyl sites for hydroxylation is 2. The summed E-state index contributed by atoms with van der Waals surface area (Å²) in [5, 5.41) is 2.85. The van der Waals surface area contributed by atoms with Crippen LogP contribution in [0.1, 0.15) is 17.5 Å². The molecule has 0 aliphatic heterocycles. The maximum atomic E-state index is 11.9. The van der Waals surface area contributed by atoms with Crippen LogP contribution in [0.2, 0.25) is 0 Å². The number of anilines is 1. The fourth-order valence-electron chi connectivity index (χ4n) is 2.05. The number of nitrogens with one attached hydrogen (secondary N) is 1. The molecule has 4 heteroatoms. The number of hydrogen-bond donors (Lipinski definition) is 1. The highest BCUT2D eigenvalue weighted by atomic mass is 79.9. The molecule has 3 nitrogen and oxygen atoms in total. The molecule has 0 heterocycles. The molecule has 1 amide bonds. The number of hydrogen-bond acceptors (Lipinski definition) is 2. The van der Waals surface area contributed by atoms with Gasteiger partial charge in [0.05, 0.1) is 18.7 Å². The maximum absolute atomic E-state index is 11.9. The lowest BCUT2D eigenvalue weighted by Gasteiger charge is -2.09. The van der Waals surface area contributed by atoms with Crippen molar-refractivity contribution in [2.24, 2.45) is 0 Å². The average molecular weight is 348 g/mol. The van der Waals surface area contributed by atoms with Gasteiger partial charge in [0.15, 0.2) is 0 Å². The largest absolute Gasteiger partial charge is 0.493 e. The normalized spacial score (nSPS) is 10.2. The number of benzene rings is 2. The molecule has 1 N–H and O–H groups in total. The monoisotopic (exact) mass is 347 g/mol. The Kier molecular flexibility index (Phi) is 5.39. The van der Waals surface area contributed by atoms with Crippen molar-refractivity contribution in [1.82, 2.24) is 0 Å². The summed E-state index contributed by atoms with van der Waals surface area (Å²) in [6.07, 6.45) is 0.314. The molecule has 0 atom stereocenters. The molecule has 2 aromatic carbocycles. The van der Waals surface area contributed by atoms with Crippen molar-refractivity contribution in [2.75, 3.05) is 11.9 Å². The first-order valence-electron chi connectivity index (χ1n) is 6.80. The number of carbonyl (C=O) groups excluding carboxylic acids is 1. The number of amides is 1. The molecule has 2 rings (SSSR count). The van der Waals surface area contributed by atoms with E-state index in [1.165, 1.54) is 0 Å². The molecule has 110 valence electrons. The Morgan fingerprint density at radius 2 is 1.81 bits per heavy atom. The predicted molar refractivity (Wildman–Crippen MR) is 88.8 cm³/mol. The van der Waals surface area contributed by atoms with E-state index < -0.39 is 0 Å². The summed E-state index contributed by atoms with van der Waals surface area (Å²) in [5.41, 5.74) is 3.08. The molecule has 0 unspecified atom stereocenters. The van der Waals surface area contributed by atoms with Crippen molar-refractivity contribution in [2.45, 2.75) is 20.3 Å². The lowest BCUT2D eigenvalue weighted by molar-refractivity contribution is -0.116. The molecule has 0 spiro atoms. The average Bonchev–Trinajstić information content (AvgIpc) is 2.40. The zero-order valence-electron chi connectivity index (χ0n) is 12.2. The molecular formula is C17H18BrNO2. The van der Waals surface area contributed by atoms with Gasteiger partial charge in [0, 0.05) is 4.47 Å². The van der Waals surface area contributed by atoms with Crippen molar-refractivity contribution in [1.29, 1.82) is 0 Å². The number of para-hydroxylation sites is 1. The van der Waals surface area contributed by atoms with Crippen molar-refractivity contribution < 1.29 is 9.53 Å². The number of halogens is 1. The van der Waals surface area contributed by atoms with Crippen LogP contribution < -0.4 is 10.1 Å². The minimum atomic E-state index is -0.0636. The van der Waals surface area contributed by atoms with Crippen LogP contribution in [0.15, 0.2) is 46.9 Å². The molecule has 21 heavy (non-hydrogen) atoms. The molecule has 0 fully saturated rings. The highest BCUT2D eigenvalue weighted by molar-refractivity contribution is 9.10. The van der Waals surface area contributed by atoms with Crippen LogP contribution in [0.3, 0.4) is 0 Å². The van der Waals surface area contributed by atoms with Gasteiger partial charge in [-0.25, -0.2) is 0 Å². The van der Waals surface area contributed by atoms with E-state index in [1.54, 1.807) is 0 Å². The first kappa shape index (κ1) is 15.6. The predicted octanol–water partition coefficient (Wildman–Crippen LogP) is 4.47. The van der Waals surface area contributed by atoms with E-state index in [-0.39, 0.29) is 5.91 Å². The summed E-state index contributed by atoms with van der Waals surface area (Å²) in [4.78, 5) is 11.9. The van der Waals surface area contributed by atoms with Gasteiger partial charge in [-0.05, 0) is 65.2 Å². The van der Waals surface area contributed by atoms with Crippen LogP contribution >= 0.6 is 15.9 Å². The second kappa shape index (κ2) is 7.27. The van der Waals surface area contributed by atoms with Crippen LogP contribution in [0, 0.1) is 13.8 Å². The first-order valence-corrected chi connectivity index (χ1v) is 7.59. The fourth-order valence-corrected chi connectivity index (χ4v) is 2.44. The molecule has 0 aromatic heterocycles. The van der Waals surface area contributed by atoms with E-state index in [0.717, 1.165) is 27.0 Å². The van der Waals surface area contributed by atoms with Gasteiger partial charge in [0.25, 0.3) is 0 Å². The summed E-state index contributed by atoms with van der Waals surface area (Å²) in [5.74, 6) is 0.743. The quantitative estimate of drug-likeness (QED) is 0.866. The summed E-state index contributed by atoms with van der Waals surface area (Å²) in [6, 6.07) is 13.6. The highest BCUT2D eigenvalue weighted by Gasteiger charge is 2.05. The Morgan fingerprint density at radius 3 is 2.48 bits per heavy atom. The fraction of sp³-hybridized carbons (Fsp3) is 0.235. The third kappa shape index (κ3) is 4.90. The van der Waals surface area contributed by atoms with E-state index in [2.05, 4.69) is 27.3 Å². The molecule has 0 bridgehead atoms. The molecular weight excluding hydrogens is 330 g/mol. The van der Waals surface area contributed by atoms with Crippen LogP contribution in [0.5, 0.6) is 5.75 Å². The summed E-state index contributed by atoms with van der Waals surface area (Å²) < 4.78 is 6.50. The molecule has 0 saturated heterocycles. The van der Waals surface area contributed by atoms with E-state index in [1.807, 2.05) is 50.2 Å². The maximum Gasteiger partial charge on any atom is 0.227 e. The standard InChI is InChI=1S/C17H18BrNO2/c1-12-9-13(2)11-14(10-12)21-8-7-17(20)19-16-6-4-3-5-15(16)18/h3-6,9-11H,7-8H2,1-2H3,(H,19,20). The molecule has 2 aromatic rings. The van der Waals surface area contributed by atoms with Crippen LogP contribution in [-0.4, -0.2) is 12.5 Å². The Morgan fingerprint density at radius 1 is 1.14 bits per heavy atom. The summed E-state index contributed by atoms with van der Waals surface area (Å²) in [7, 11) is 0. The topological polar surface area (TPSA) is 38.3 Å².